The number of aromatic nitrogens is 2. The van der Waals surface area contributed by atoms with Crippen molar-refractivity contribution in [2.75, 3.05) is 13.1 Å². The van der Waals surface area contributed by atoms with E-state index in [1.807, 2.05) is 29.1 Å². The van der Waals surface area contributed by atoms with Crippen LogP contribution in [0.1, 0.15) is 20.7 Å². The minimum absolute atomic E-state index is 0.286. The molecular weight excluding hydrogens is 364 g/mol. The van der Waals surface area contributed by atoms with Crippen molar-refractivity contribution in [1.82, 2.24) is 20.0 Å². The minimum Gasteiger partial charge on any atom is -0.353 e. The van der Waals surface area contributed by atoms with Crippen molar-refractivity contribution in [2.45, 2.75) is 6.54 Å². The molecule has 136 valence electrons. The zero-order valence-electron chi connectivity index (χ0n) is 14.3. The normalized spacial score (nSPS) is 13.1. The van der Waals surface area contributed by atoms with Gasteiger partial charge in [0.05, 0.1) is 23.4 Å². The molecule has 1 aliphatic rings. The Hall–Kier alpha value is -3.26. The summed E-state index contributed by atoms with van der Waals surface area (Å²) in [6.45, 7) is 0.566. The van der Waals surface area contributed by atoms with Gasteiger partial charge in [-0.3, -0.25) is 24.0 Å². The van der Waals surface area contributed by atoms with E-state index < -0.39 is 11.8 Å². The van der Waals surface area contributed by atoms with E-state index in [4.69, 9.17) is 0 Å². The standard InChI is InChI=1S/C19H16N4O3S/c24-17(11-23-18(25)14-3-1-2-4-15(14)19(23)26)20-7-9-22-8-5-16(21-22)13-6-10-27-12-13/h1-6,8,10,12H,7,9,11H2,(H,20,24). The van der Waals surface area contributed by atoms with Crippen LogP contribution in [0.2, 0.25) is 0 Å². The van der Waals surface area contributed by atoms with Crippen molar-refractivity contribution in [1.29, 1.82) is 0 Å². The minimum atomic E-state index is -0.432. The number of carbonyl (C=O) groups excluding carboxylic acids is 3. The Morgan fingerprint density at radius 1 is 1.07 bits per heavy atom. The molecule has 0 spiro atoms. The summed E-state index contributed by atoms with van der Waals surface area (Å²) in [4.78, 5) is 37.6. The number of benzene rings is 1. The average molecular weight is 380 g/mol. The molecule has 0 atom stereocenters. The molecular formula is C19H16N4O3S. The number of nitrogens with one attached hydrogen (secondary N) is 1. The molecule has 0 saturated carbocycles. The number of amides is 3. The number of fused-ring (bicyclic) bond motifs is 1. The van der Waals surface area contributed by atoms with Gasteiger partial charge in [0.25, 0.3) is 11.8 Å². The Morgan fingerprint density at radius 3 is 2.48 bits per heavy atom. The number of nitrogens with zero attached hydrogens (tertiary/aromatic N) is 3. The van der Waals surface area contributed by atoms with Crippen LogP contribution in [-0.4, -0.2) is 45.5 Å². The highest BCUT2D eigenvalue weighted by atomic mass is 32.1. The van der Waals surface area contributed by atoms with Crippen LogP contribution >= 0.6 is 11.3 Å². The highest BCUT2D eigenvalue weighted by Gasteiger charge is 2.36. The molecule has 1 aliphatic heterocycles. The van der Waals surface area contributed by atoms with Crippen LogP contribution in [0.4, 0.5) is 0 Å². The van der Waals surface area contributed by atoms with Gasteiger partial charge in [0, 0.05) is 23.7 Å². The van der Waals surface area contributed by atoms with Crippen LogP contribution in [0.3, 0.4) is 0 Å². The molecule has 0 saturated heterocycles. The molecule has 2 aromatic heterocycles. The maximum atomic E-state index is 12.3. The second kappa shape index (κ2) is 7.16. The molecule has 4 rings (SSSR count). The zero-order valence-corrected chi connectivity index (χ0v) is 15.1. The fraction of sp³-hybridized carbons (Fsp3) is 0.158. The summed E-state index contributed by atoms with van der Waals surface area (Å²) in [6.07, 6.45) is 1.85. The lowest BCUT2D eigenvalue weighted by molar-refractivity contribution is -0.121. The maximum absolute atomic E-state index is 12.3. The lowest BCUT2D eigenvalue weighted by Crippen LogP contribution is -2.41. The average Bonchev–Trinajstić information content (AvgIpc) is 3.40. The summed E-state index contributed by atoms with van der Waals surface area (Å²) in [6, 6.07) is 10.5. The van der Waals surface area contributed by atoms with Crippen molar-refractivity contribution < 1.29 is 14.4 Å². The molecule has 3 aromatic rings. The highest BCUT2D eigenvalue weighted by molar-refractivity contribution is 7.08. The van der Waals surface area contributed by atoms with Gasteiger partial charge >= 0.3 is 0 Å². The van der Waals surface area contributed by atoms with Gasteiger partial charge in [0.2, 0.25) is 5.91 Å². The fourth-order valence-corrected chi connectivity index (χ4v) is 3.59. The summed E-state index contributed by atoms with van der Waals surface area (Å²) in [5.41, 5.74) is 2.63. The molecule has 0 bridgehead atoms. The maximum Gasteiger partial charge on any atom is 0.262 e. The Balaban J connectivity index is 1.30. The van der Waals surface area contributed by atoms with E-state index >= 15 is 0 Å². The number of hydrogen-bond acceptors (Lipinski definition) is 5. The SMILES string of the molecule is O=C(CN1C(=O)c2ccccc2C1=O)NCCn1ccc(-c2ccsc2)n1. The van der Waals surface area contributed by atoms with Gasteiger partial charge in [-0.1, -0.05) is 12.1 Å². The van der Waals surface area contributed by atoms with E-state index in [2.05, 4.69) is 10.4 Å². The van der Waals surface area contributed by atoms with Gasteiger partial charge in [-0.25, -0.2) is 0 Å². The topological polar surface area (TPSA) is 84.3 Å². The second-order valence-corrected chi connectivity index (χ2v) is 6.85. The number of rotatable bonds is 6. The van der Waals surface area contributed by atoms with Crippen molar-refractivity contribution in [3.63, 3.8) is 0 Å². The lowest BCUT2D eigenvalue weighted by atomic mass is 10.1. The molecule has 1 N–H and O–H groups in total. The third-order valence-corrected chi connectivity index (χ3v) is 4.98. The van der Waals surface area contributed by atoms with Gasteiger partial charge in [-0.2, -0.15) is 16.4 Å². The van der Waals surface area contributed by atoms with Gasteiger partial charge in [0.15, 0.2) is 0 Å². The Kier molecular flexibility index (Phi) is 4.55. The molecule has 0 aliphatic carbocycles. The first-order chi connectivity index (χ1) is 13.1. The van der Waals surface area contributed by atoms with E-state index in [1.54, 1.807) is 40.3 Å². The first-order valence-electron chi connectivity index (χ1n) is 8.41. The predicted molar refractivity (Wildman–Crippen MR) is 100 cm³/mol. The Bertz CT molecular complexity index is 975. The third kappa shape index (κ3) is 3.39. The summed E-state index contributed by atoms with van der Waals surface area (Å²) in [5.74, 6) is -1.24. The van der Waals surface area contributed by atoms with Crippen LogP contribution < -0.4 is 5.32 Å². The molecule has 1 aromatic carbocycles. The van der Waals surface area contributed by atoms with E-state index in [0.717, 1.165) is 16.2 Å². The molecule has 8 heteroatoms. The molecule has 0 fully saturated rings. The predicted octanol–water partition coefficient (Wildman–Crippen LogP) is 2.02. The largest absolute Gasteiger partial charge is 0.353 e. The third-order valence-electron chi connectivity index (χ3n) is 4.30. The van der Waals surface area contributed by atoms with Crippen LogP contribution in [0, 0.1) is 0 Å². The van der Waals surface area contributed by atoms with Crippen molar-refractivity contribution >= 4 is 29.1 Å². The molecule has 0 radical (unpaired) electrons. The molecule has 3 amide bonds. The second-order valence-electron chi connectivity index (χ2n) is 6.07. The highest BCUT2D eigenvalue weighted by Crippen LogP contribution is 2.22. The number of carbonyl (C=O) groups is 3. The smallest absolute Gasteiger partial charge is 0.262 e. The van der Waals surface area contributed by atoms with Crippen LogP contribution in [-0.2, 0) is 11.3 Å². The van der Waals surface area contributed by atoms with Crippen LogP contribution in [0.25, 0.3) is 11.3 Å². The number of hydrogen-bond donors (Lipinski definition) is 1. The summed E-state index contributed by atoms with van der Waals surface area (Å²) in [7, 11) is 0. The number of thiophene rings is 1. The van der Waals surface area contributed by atoms with Gasteiger partial charge in [-0.05, 0) is 29.6 Å². The van der Waals surface area contributed by atoms with Crippen molar-refractivity contribution in [3.05, 3.63) is 64.5 Å². The monoisotopic (exact) mass is 380 g/mol. The van der Waals surface area contributed by atoms with E-state index in [1.165, 1.54) is 0 Å². The van der Waals surface area contributed by atoms with E-state index in [0.29, 0.717) is 24.2 Å². The summed E-state index contributed by atoms with van der Waals surface area (Å²) >= 11 is 1.61. The summed E-state index contributed by atoms with van der Waals surface area (Å²) in [5, 5.41) is 11.2. The molecule has 3 heterocycles. The van der Waals surface area contributed by atoms with Gasteiger partial charge in [0.1, 0.15) is 6.54 Å². The Morgan fingerprint density at radius 2 is 1.81 bits per heavy atom. The summed E-state index contributed by atoms with van der Waals surface area (Å²) < 4.78 is 1.75. The van der Waals surface area contributed by atoms with Gasteiger partial charge < -0.3 is 5.32 Å². The molecule has 27 heavy (non-hydrogen) atoms. The fourth-order valence-electron chi connectivity index (χ4n) is 2.94. The molecule has 7 nitrogen and oxygen atoms in total. The first kappa shape index (κ1) is 17.2. The van der Waals surface area contributed by atoms with Crippen LogP contribution in [0.15, 0.2) is 53.4 Å². The van der Waals surface area contributed by atoms with Crippen molar-refractivity contribution in [3.8, 4) is 11.3 Å². The van der Waals surface area contributed by atoms with E-state index in [-0.39, 0.29) is 12.5 Å². The van der Waals surface area contributed by atoms with Gasteiger partial charge in [-0.15, -0.1) is 0 Å². The quantitative estimate of drug-likeness (QED) is 0.663. The van der Waals surface area contributed by atoms with Crippen LogP contribution in [0.5, 0.6) is 0 Å². The molecule has 0 unspecified atom stereocenters. The Labute approximate surface area is 159 Å². The lowest BCUT2D eigenvalue weighted by Gasteiger charge is -2.13. The first-order valence-corrected chi connectivity index (χ1v) is 9.36. The zero-order chi connectivity index (χ0) is 18.8. The van der Waals surface area contributed by atoms with Crippen molar-refractivity contribution in [2.24, 2.45) is 0 Å². The van der Waals surface area contributed by atoms with E-state index in [9.17, 15) is 14.4 Å². The number of imide groups is 1.